The number of fused-ring (bicyclic) bond motifs is 15. The van der Waals surface area contributed by atoms with E-state index in [1.807, 2.05) is 84.5 Å². The average molecular weight is 1870 g/mol. The normalized spacial score (nSPS) is 18.3. The first-order valence-electron chi connectivity index (χ1n) is 57.2. The lowest BCUT2D eigenvalue weighted by Gasteiger charge is -2.20. The quantitative estimate of drug-likeness (QED) is 0.121. The van der Waals surface area contributed by atoms with Crippen LogP contribution in [0, 0.1) is 115 Å². The Balaban J connectivity index is 0.000000127. The van der Waals surface area contributed by atoms with Crippen molar-refractivity contribution >= 4 is 110 Å². The zero-order chi connectivity index (χ0) is 114. The summed E-state index contributed by atoms with van der Waals surface area (Å²) in [6.07, 6.45) is 6.97. The molecule has 15 heterocycles. The van der Waals surface area contributed by atoms with Crippen molar-refractivity contribution in [1.29, 1.82) is 0 Å². The molecule has 0 radical (unpaired) electrons. The topological polar surface area (TPSA) is 150 Å². The van der Waals surface area contributed by atoms with Crippen molar-refractivity contribution < 1.29 is 69.6 Å². The summed E-state index contributed by atoms with van der Waals surface area (Å²) in [5, 5.41) is 9.30. The fraction of sp³-hybridized carbons (Fsp3) is 0.355. The number of aromatic nitrogens is 10. The van der Waals surface area contributed by atoms with Crippen LogP contribution in [0.5, 0.6) is 0 Å². The third-order valence-corrected chi connectivity index (χ3v) is 27.9. The smallest absolute Gasteiger partial charge is 0.227 e. The molecule has 15 nitrogen and oxygen atoms in total. The molecule has 15 heteroatoms. The van der Waals surface area contributed by atoms with Crippen molar-refractivity contribution in [3.05, 3.63) is 295 Å². The second-order valence-corrected chi connectivity index (χ2v) is 40.1. The summed E-state index contributed by atoms with van der Waals surface area (Å²) in [4.78, 5) is 23.2. The second kappa shape index (κ2) is 38.1. The highest BCUT2D eigenvalue weighted by atomic mass is 16.4. The molecule has 2 atom stereocenters. The highest BCUT2D eigenvalue weighted by Gasteiger charge is 2.32. The monoisotopic (exact) mass is 1870 g/mol. The van der Waals surface area contributed by atoms with Crippen molar-refractivity contribution in [2.24, 2.45) is 46.5 Å². The van der Waals surface area contributed by atoms with Gasteiger partial charge in [-0.1, -0.05) is 148 Å². The van der Waals surface area contributed by atoms with Gasteiger partial charge in [-0.15, -0.1) is 0 Å². The Morgan fingerprint density at radius 1 is 0.331 bits per heavy atom. The molecule has 0 bridgehead atoms. The summed E-state index contributed by atoms with van der Waals surface area (Å²) in [6, 6.07) is 50.3. The highest BCUT2D eigenvalue weighted by molar-refractivity contribution is 6.13. The van der Waals surface area contributed by atoms with Crippen molar-refractivity contribution in [1.82, 2.24) is 24.9 Å². The minimum absolute atomic E-state index is 0.00752. The molecular formula is C124H139N10O5+5. The van der Waals surface area contributed by atoms with E-state index >= 15 is 0 Å². The van der Waals surface area contributed by atoms with Gasteiger partial charge in [0, 0.05) is 182 Å². The van der Waals surface area contributed by atoms with E-state index < -0.39 is 62.8 Å². The van der Waals surface area contributed by atoms with E-state index in [2.05, 4.69) is 277 Å². The molecule has 139 heavy (non-hydrogen) atoms. The first-order chi connectivity index (χ1) is 73.2. The van der Waals surface area contributed by atoms with E-state index in [9.17, 15) is 0 Å². The van der Waals surface area contributed by atoms with Crippen LogP contribution >= 0.6 is 0 Å². The molecule has 2 aliphatic rings. The standard InChI is InChI=1S/C26H29N2O.C25H27N2O.C25H29N2O.2C24H27N2O/c1-16-10-11-20-21-12-13-22(19-8-6-5-7-9-19)27-26(21)29-25(20)24(16)23-14-17(2)18(3)15-28(23)4;1-15-9-10-19-20-11-12-21(18-7-5-6-8-18)26-25(20)28-24(19)23(15)22-13-16(2)17(3)14-27(22)4;1-15-8-10-19-20-11-9-18(13-25(4,5)6)26-24(20)28-23(19)22(15)21-12-16(2)17(3)14-27(21)7;1-14-8-9-17-18-10-11-20(24(4,5)6)25-23(18)27-22(17)21(14)19-12-15(2)16(3)13-26(19)7;1-14(2)11-18-8-10-20-19-9-7-15(3)22(23(19)27-24(20)25-18)21-12-16(4)17(5)13-26(21)6/h10-15,19H,5-9H2,1-4H3;9-14,18H,5-8H2,1-4H3;8-12,14H,13H2,1-7H3;8-13H,1-7H3;7-10,12-14H,11H2,1-6H3/q5*+1/i8D2,9D2,19D;7D2,18D;4D3,5D3;;1D3,14D. The lowest BCUT2D eigenvalue weighted by Crippen LogP contribution is -2.31. The summed E-state index contributed by atoms with van der Waals surface area (Å²) in [5.41, 5.74) is 35.0. The molecule has 0 spiro atoms. The fourth-order valence-corrected chi connectivity index (χ4v) is 19.5. The van der Waals surface area contributed by atoms with Gasteiger partial charge in [0.15, 0.2) is 58.9 Å². The molecule has 2 saturated carbocycles. The second-order valence-electron chi connectivity index (χ2n) is 40.1. The van der Waals surface area contributed by atoms with Crippen LogP contribution < -0.4 is 22.8 Å². The molecule has 22 rings (SSSR count). The largest absolute Gasteiger partial charge is 0.437 e. The molecule has 15 aromatic heterocycles. The van der Waals surface area contributed by atoms with E-state index in [1.54, 1.807) is 24.3 Å². The van der Waals surface area contributed by atoms with E-state index in [-0.39, 0.29) is 36.8 Å². The van der Waals surface area contributed by atoms with Crippen molar-refractivity contribution in [3.8, 4) is 56.3 Å². The van der Waals surface area contributed by atoms with Crippen LogP contribution in [0.15, 0.2) is 205 Å². The Hall–Kier alpha value is -13.4. The Labute approximate surface area is 844 Å². The molecule has 2 fully saturated rings. The molecule has 2 unspecified atom stereocenters. The number of rotatable bonds is 10. The highest BCUT2D eigenvalue weighted by Crippen LogP contribution is 2.46. The predicted octanol–water partition coefficient (Wildman–Crippen LogP) is 29.8. The van der Waals surface area contributed by atoms with Crippen LogP contribution in [-0.4, -0.2) is 24.9 Å². The van der Waals surface area contributed by atoms with Crippen LogP contribution in [-0.2, 0) is 53.5 Å². The van der Waals surface area contributed by atoms with Gasteiger partial charge in [-0.3, -0.25) is 0 Å². The number of aryl methyl sites for hydroxylation is 20. The Bertz CT molecular complexity index is 9140. The number of hydrogen-bond donors (Lipinski definition) is 0. The fourth-order valence-electron chi connectivity index (χ4n) is 19.5. The molecule has 5 aromatic carbocycles. The minimum atomic E-state index is -2.68. The van der Waals surface area contributed by atoms with Gasteiger partial charge in [-0.05, 0) is 270 Å². The van der Waals surface area contributed by atoms with Gasteiger partial charge >= 0.3 is 0 Å². The number of nitrogens with zero attached hydrogens (tertiary/aromatic N) is 10. The van der Waals surface area contributed by atoms with Gasteiger partial charge in [0.1, 0.15) is 35.2 Å². The molecule has 20 aromatic rings. The summed E-state index contributed by atoms with van der Waals surface area (Å²) < 4.78 is 189. The van der Waals surface area contributed by atoms with Crippen molar-refractivity contribution in [2.45, 2.75) is 247 Å². The Kier molecular flexibility index (Phi) is 20.7. The number of furan rings is 5. The zero-order valence-corrected chi connectivity index (χ0v) is 85.0. The van der Waals surface area contributed by atoms with Crippen LogP contribution in [0.3, 0.4) is 0 Å². The van der Waals surface area contributed by atoms with Gasteiger partial charge in [-0.25, -0.2) is 47.8 Å². The van der Waals surface area contributed by atoms with Crippen LogP contribution in [0.2, 0.25) is 0 Å². The minimum Gasteiger partial charge on any atom is -0.437 e. The molecule has 0 amide bonds. The molecule has 710 valence electrons. The lowest BCUT2D eigenvalue weighted by molar-refractivity contribution is -0.660. The maximum absolute atomic E-state index is 9.00. The molecule has 2 aliphatic carbocycles. The number of pyridine rings is 10. The van der Waals surface area contributed by atoms with Gasteiger partial charge < -0.3 is 22.1 Å². The van der Waals surface area contributed by atoms with Gasteiger partial charge in [0.05, 0.1) is 27.8 Å². The van der Waals surface area contributed by atoms with Gasteiger partial charge in [0.25, 0.3) is 0 Å². The third-order valence-electron chi connectivity index (χ3n) is 27.9. The molecule has 0 aliphatic heterocycles. The maximum atomic E-state index is 9.00. The van der Waals surface area contributed by atoms with Gasteiger partial charge in [-0.2, -0.15) is 0 Å². The molecular weight excluding hydrogens is 1710 g/mol. The summed E-state index contributed by atoms with van der Waals surface area (Å²) in [6.45, 7) is 32.9. The Morgan fingerprint density at radius 3 is 0.928 bits per heavy atom. The molecule has 0 N–H and O–H groups in total. The Morgan fingerprint density at radius 2 is 0.612 bits per heavy atom. The average Bonchev–Trinajstić information content (AvgIpc) is 1.67. The molecule has 0 saturated heterocycles. The zero-order valence-electron chi connectivity index (χ0n) is 103. The first kappa shape index (κ1) is 75.6. The predicted molar refractivity (Wildman–Crippen MR) is 569 cm³/mol. The maximum Gasteiger partial charge on any atom is 0.227 e. The first-order valence-corrected chi connectivity index (χ1v) is 48.2. The van der Waals surface area contributed by atoms with Crippen LogP contribution in [0.1, 0.15) is 261 Å². The van der Waals surface area contributed by atoms with E-state index in [1.165, 1.54) is 75.0 Å². The SMILES string of the molecule is Cc1cc(-c2c(C)ccc3c2oc2nc(C(C)(C)C)ccc23)[n+](C)cc1C.[2H]C([2H])([2H])C(C)(Cc1ccc2c(n1)oc1c(-c3cc(C)c(C)c[n+]3C)c(C)ccc12)C([2H])([2H])[2H].[2H]C([2H])([2H])C([2H])(C)Cc1ccc2c(n1)oc1c(-c3cc(C)c(C)c[n+]3C)c(C)ccc12.[2H]C1([2H])CCCC([2H])([2H])C1([2H])c1ccc2c(n1)oc1c(-c3cc(C)c(C)c[n+]3C)c(C)ccc12.[2H]C1([2H])CCCC1([2H])c1ccc2c(n1)oc1c(-c3cc(C)c(C)c[n+]3C)c(C)ccc12. The lowest BCUT2D eigenvalue weighted by atomic mass is 9.86. The van der Waals surface area contributed by atoms with E-state index in [0.29, 0.717) is 76.8 Å². The van der Waals surface area contributed by atoms with Crippen molar-refractivity contribution in [3.63, 3.8) is 0 Å². The summed E-state index contributed by atoms with van der Waals surface area (Å²) in [5.74, 6) is -5.07. The van der Waals surface area contributed by atoms with Crippen molar-refractivity contribution in [2.75, 3.05) is 0 Å². The van der Waals surface area contributed by atoms with E-state index in [4.69, 9.17) is 51.7 Å². The van der Waals surface area contributed by atoms with Gasteiger partial charge in [0.2, 0.25) is 57.0 Å². The third kappa shape index (κ3) is 18.9. The van der Waals surface area contributed by atoms with Crippen LogP contribution in [0.4, 0.5) is 0 Å². The summed E-state index contributed by atoms with van der Waals surface area (Å²) >= 11 is 0. The summed E-state index contributed by atoms with van der Waals surface area (Å²) in [7, 11) is 10.2. The number of hydrogen-bond acceptors (Lipinski definition) is 10. The van der Waals surface area contributed by atoms with E-state index in [0.717, 1.165) is 161 Å². The number of benzene rings is 5. The van der Waals surface area contributed by atoms with Crippen LogP contribution in [0.25, 0.3) is 167 Å².